The molecule has 0 radical (unpaired) electrons. The van der Waals surface area contributed by atoms with E-state index in [0.717, 1.165) is 66.9 Å². The van der Waals surface area contributed by atoms with E-state index >= 15 is 0 Å². The summed E-state index contributed by atoms with van der Waals surface area (Å²) in [6, 6.07) is 14.5. The molecule has 1 saturated heterocycles. The van der Waals surface area contributed by atoms with Gasteiger partial charge in [-0.25, -0.2) is 9.97 Å². The summed E-state index contributed by atoms with van der Waals surface area (Å²) in [6.07, 6.45) is 1.07. The Bertz CT molecular complexity index is 1210. The number of hydrogen-bond donors (Lipinski definition) is 1. The van der Waals surface area contributed by atoms with Crippen LogP contribution >= 0.6 is 23.1 Å². The fourth-order valence-corrected chi connectivity index (χ4v) is 5.33. The van der Waals surface area contributed by atoms with Gasteiger partial charge in [0.1, 0.15) is 10.5 Å². The van der Waals surface area contributed by atoms with E-state index in [4.69, 9.17) is 4.98 Å². The van der Waals surface area contributed by atoms with Gasteiger partial charge in [0.25, 0.3) is 5.56 Å². The fraction of sp³-hybridized carbons (Fsp3) is 0.318. The molecule has 1 N–H and O–H groups in total. The Hall–Kier alpha value is -2.42. The van der Waals surface area contributed by atoms with E-state index < -0.39 is 0 Å². The van der Waals surface area contributed by atoms with Crippen LogP contribution in [0.5, 0.6) is 0 Å². The minimum absolute atomic E-state index is 0.0316. The number of benzene rings is 1. The van der Waals surface area contributed by atoms with Crippen LogP contribution in [-0.2, 0) is 0 Å². The van der Waals surface area contributed by atoms with Gasteiger partial charge in [-0.05, 0) is 42.6 Å². The van der Waals surface area contributed by atoms with Crippen LogP contribution in [0.2, 0.25) is 0 Å². The third kappa shape index (κ3) is 4.21. The van der Waals surface area contributed by atoms with Gasteiger partial charge in [0.05, 0.1) is 11.0 Å². The number of fused-ring (bicyclic) bond motifs is 2. The highest BCUT2D eigenvalue weighted by Gasteiger charge is 2.18. The van der Waals surface area contributed by atoms with E-state index in [1.807, 2.05) is 17.5 Å². The molecule has 30 heavy (non-hydrogen) atoms. The molecule has 4 aromatic rings. The van der Waals surface area contributed by atoms with Gasteiger partial charge in [-0.3, -0.25) is 9.69 Å². The molecule has 4 heterocycles. The zero-order valence-corrected chi connectivity index (χ0v) is 18.2. The molecule has 154 valence electrons. The van der Waals surface area contributed by atoms with Gasteiger partial charge in [0, 0.05) is 37.3 Å². The molecule has 1 aliphatic rings. The molecule has 0 aliphatic carbocycles. The molecular weight excluding hydrogens is 414 g/mol. The van der Waals surface area contributed by atoms with E-state index in [9.17, 15) is 4.79 Å². The van der Waals surface area contributed by atoms with Gasteiger partial charge in [-0.1, -0.05) is 30.0 Å². The lowest BCUT2D eigenvalue weighted by Gasteiger charge is -2.35. The summed E-state index contributed by atoms with van der Waals surface area (Å²) >= 11 is 3.07. The smallest absolute Gasteiger partial charge is 0.269 e. The number of thiophene rings is 1. The maximum atomic E-state index is 12.0. The number of aromatic nitrogens is 3. The fourth-order valence-electron chi connectivity index (χ4n) is 3.81. The molecule has 8 heteroatoms. The van der Waals surface area contributed by atoms with Crippen LogP contribution < -0.4 is 10.5 Å². The van der Waals surface area contributed by atoms with Crippen LogP contribution in [0.3, 0.4) is 0 Å². The SMILES string of the molecule is O=c1[nH]c(SCCCN2CCN(c3ccc4ccccc4n3)CC2)nc2ccsc12. The van der Waals surface area contributed by atoms with Crippen LogP contribution in [0.15, 0.2) is 57.8 Å². The Kier molecular flexibility index (Phi) is 5.70. The van der Waals surface area contributed by atoms with E-state index in [0.29, 0.717) is 4.70 Å². The lowest BCUT2D eigenvalue weighted by Crippen LogP contribution is -2.47. The average Bonchev–Trinajstić information content (AvgIpc) is 3.26. The maximum absolute atomic E-state index is 12.0. The lowest BCUT2D eigenvalue weighted by atomic mass is 10.2. The maximum Gasteiger partial charge on any atom is 0.269 e. The predicted molar refractivity (Wildman–Crippen MR) is 126 cm³/mol. The van der Waals surface area contributed by atoms with Crippen molar-refractivity contribution in [2.24, 2.45) is 0 Å². The Morgan fingerprint density at radius 3 is 2.77 bits per heavy atom. The summed E-state index contributed by atoms with van der Waals surface area (Å²) in [5, 5.41) is 3.82. The van der Waals surface area contributed by atoms with Gasteiger partial charge in [-0.2, -0.15) is 0 Å². The van der Waals surface area contributed by atoms with E-state index in [1.165, 1.54) is 16.7 Å². The number of thioether (sulfide) groups is 1. The molecule has 1 fully saturated rings. The second kappa shape index (κ2) is 8.75. The standard InChI is InChI=1S/C22H23N5OS2/c28-21-20-18(8-15-29-20)24-22(25-21)30-14-3-9-26-10-12-27(13-11-26)19-7-6-16-4-1-2-5-17(16)23-19/h1-2,4-8,15H,3,9-14H2,(H,24,25,28). The van der Waals surface area contributed by atoms with E-state index in [-0.39, 0.29) is 5.56 Å². The van der Waals surface area contributed by atoms with Crippen LogP contribution in [0, 0.1) is 0 Å². The number of nitrogens with one attached hydrogen (secondary N) is 1. The minimum atomic E-state index is -0.0316. The number of para-hydroxylation sites is 1. The Labute approximate surface area is 183 Å². The van der Waals surface area contributed by atoms with E-state index in [1.54, 1.807) is 11.8 Å². The topological polar surface area (TPSA) is 65.1 Å². The number of H-pyrrole nitrogens is 1. The number of aromatic amines is 1. The van der Waals surface area contributed by atoms with Crippen molar-refractivity contribution in [3.63, 3.8) is 0 Å². The molecule has 0 spiro atoms. The van der Waals surface area contributed by atoms with Crippen LogP contribution in [0.1, 0.15) is 6.42 Å². The molecule has 1 aromatic carbocycles. The minimum Gasteiger partial charge on any atom is -0.354 e. The molecule has 5 rings (SSSR count). The molecular formula is C22H23N5OS2. The van der Waals surface area contributed by atoms with Gasteiger partial charge in [0.15, 0.2) is 5.16 Å². The molecule has 3 aromatic heterocycles. The number of nitrogens with zero attached hydrogens (tertiary/aromatic N) is 4. The number of rotatable bonds is 6. The van der Waals surface area contributed by atoms with Gasteiger partial charge in [0.2, 0.25) is 0 Å². The Morgan fingerprint density at radius 1 is 1.00 bits per heavy atom. The van der Waals surface area contributed by atoms with Crippen LogP contribution in [-0.4, -0.2) is 58.3 Å². The summed E-state index contributed by atoms with van der Waals surface area (Å²) < 4.78 is 0.707. The number of anilines is 1. The molecule has 0 saturated carbocycles. The van der Waals surface area contributed by atoms with Crippen LogP contribution in [0.25, 0.3) is 21.1 Å². The zero-order valence-electron chi connectivity index (χ0n) is 16.6. The van der Waals surface area contributed by atoms with Crippen molar-refractivity contribution in [2.75, 3.05) is 43.4 Å². The van der Waals surface area contributed by atoms with Gasteiger partial charge < -0.3 is 9.88 Å². The van der Waals surface area contributed by atoms with Crippen molar-refractivity contribution in [2.45, 2.75) is 11.6 Å². The zero-order chi connectivity index (χ0) is 20.3. The summed E-state index contributed by atoms with van der Waals surface area (Å²) in [6.45, 7) is 5.17. The first-order chi connectivity index (χ1) is 14.8. The average molecular weight is 438 g/mol. The predicted octanol–water partition coefficient (Wildman–Crippen LogP) is 3.84. The second-order valence-corrected chi connectivity index (χ2v) is 9.40. The van der Waals surface area contributed by atoms with Crippen molar-refractivity contribution in [1.82, 2.24) is 19.9 Å². The van der Waals surface area contributed by atoms with Gasteiger partial charge >= 0.3 is 0 Å². The Balaban J connectivity index is 1.09. The largest absolute Gasteiger partial charge is 0.354 e. The number of hydrogen-bond acceptors (Lipinski definition) is 7. The molecule has 6 nitrogen and oxygen atoms in total. The molecule has 1 aliphatic heterocycles. The normalized spacial score (nSPS) is 15.3. The van der Waals surface area contributed by atoms with Crippen molar-refractivity contribution in [3.05, 3.63) is 58.2 Å². The highest BCUT2D eigenvalue weighted by Crippen LogP contribution is 2.21. The first kappa shape index (κ1) is 19.5. The summed E-state index contributed by atoms with van der Waals surface area (Å²) in [7, 11) is 0. The molecule has 0 bridgehead atoms. The van der Waals surface area contributed by atoms with Crippen LogP contribution in [0.4, 0.5) is 5.82 Å². The quantitative estimate of drug-likeness (QED) is 0.281. The van der Waals surface area contributed by atoms with Crippen molar-refractivity contribution >= 4 is 50.0 Å². The third-order valence-corrected chi connectivity index (χ3v) is 7.29. The summed E-state index contributed by atoms with van der Waals surface area (Å²) in [5.74, 6) is 2.02. The van der Waals surface area contributed by atoms with Crippen molar-refractivity contribution < 1.29 is 0 Å². The molecule has 0 amide bonds. The number of piperazine rings is 1. The number of pyridine rings is 1. The second-order valence-electron chi connectivity index (χ2n) is 7.40. The monoisotopic (exact) mass is 437 g/mol. The summed E-state index contributed by atoms with van der Waals surface area (Å²) in [5.41, 5.74) is 1.82. The van der Waals surface area contributed by atoms with E-state index in [2.05, 4.69) is 50.1 Å². The summed E-state index contributed by atoms with van der Waals surface area (Å²) in [4.78, 5) is 29.2. The first-order valence-electron chi connectivity index (χ1n) is 10.2. The van der Waals surface area contributed by atoms with Crippen molar-refractivity contribution in [3.8, 4) is 0 Å². The first-order valence-corrected chi connectivity index (χ1v) is 12.1. The van der Waals surface area contributed by atoms with Gasteiger partial charge in [-0.15, -0.1) is 11.3 Å². The lowest BCUT2D eigenvalue weighted by molar-refractivity contribution is 0.258. The Morgan fingerprint density at radius 2 is 1.87 bits per heavy atom. The highest BCUT2D eigenvalue weighted by atomic mass is 32.2. The molecule has 0 unspecified atom stereocenters. The third-order valence-electron chi connectivity index (χ3n) is 5.43. The molecule has 0 atom stereocenters. The highest BCUT2D eigenvalue weighted by molar-refractivity contribution is 7.99. The van der Waals surface area contributed by atoms with Crippen molar-refractivity contribution in [1.29, 1.82) is 0 Å².